The molecule has 3 fully saturated rings. The number of halogens is 2. The first-order valence-electron chi connectivity index (χ1n) is 14.4. The van der Waals surface area contributed by atoms with Crippen molar-refractivity contribution >= 4 is 40.9 Å². The minimum atomic E-state index is -1.57. The Balaban J connectivity index is 1.53. The van der Waals surface area contributed by atoms with E-state index in [1.165, 1.54) is 11.0 Å². The van der Waals surface area contributed by atoms with Gasteiger partial charge in [0.1, 0.15) is 0 Å². The summed E-state index contributed by atoms with van der Waals surface area (Å²) in [6.07, 6.45) is 2.28. The number of hydrogen-bond acceptors (Lipinski definition) is 5. The summed E-state index contributed by atoms with van der Waals surface area (Å²) >= 11 is 6.30. The van der Waals surface area contributed by atoms with E-state index >= 15 is 9.18 Å². The molecule has 43 heavy (non-hydrogen) atoms. The van der Waals surface area contributed by atoms with Gasteiger partial charge in [0.05, 0.1) is 28.9 Å². The Kier molecular flexibility index (Phi) is 6.32. The van der Waals surface area contributed by atoms with Crippen LogP contribution in [0.5, 0.6) is 5.75 Å². The van der Waals surface area contributed by atoms with Crippen molar-refractivity contribution in [1.29, 1.82) is 0 Å². The molecule has 9 heteroatoms. The first-order valence-corrected chi connectivity index (χ1v) is 14.8. The number of aromatic hydroxyl groups is 1. The number of amides is 4. The van der Waals surface area contributed by atoms with E-state index in [0.29, 0.717) is 21.8 Å². The highest BCUT2D eigenvalue weighted by Gasteiger charge is 2.70. The highest BCUT2D eigenvalue weighted by Crippen LogP contribution is 2.65. The summed E-state index contributed by atoms with van der Waals surface area (Å²) in [5, 5.41) is 11.5. The molecule has 4 amide bonds. The van der Waals surface area contributed by atoms with Crippen LogP contribution in [0.15, 0.2) is 84.4 Å². The van der Waals surface area contributed by atoms with Crippen molar-refractivity contribution < 1.29 is 28.7 Å². The van der Waals surface area contributed by atoms with Gasteiger partial charge in [-0.2, -0.15) is 0 Å². The molecule has 6 unspecified atom stereocenters. The molecule has 6 atom stereocenters. The number of carbonyl (C=O) groups is 4. The summed E-state index contributed by atoms with van der Waals surface area (Å²) in [4.78, 5) is 58.9. The average molecular weight is 599 g/mol. The Hall–Kier alpha value is -4.30. The van der Waals surface area contributed by atoms with Crippen LogP contribution in [0, 0.1) is 29.5 Å². The number of rotatable bonds is 4. The van der Waals surface area contributed by atoms with Gasteiger partial charge in [-0.15, -0.1) is 0 Å². The third kappa shape index (κ3) is 3.65. The van der Waals surface area contributed by atoms with Crippen molar-refractivity contribution in [3.05, 3.63) is 106 Å². The first kappa shape index (κ1) is 27.5. The SMILES string of the molecule is CCN1C(=O)C2CC=C3C(CC4C(=O)N(c5cccc(Cl)c5)C(=O)C4(c4ccccc4)C3c3cccc(F)c3O)C2C1=O. The molecule has 2 aliphatic carbocycles. The lowest BCUT2D eigenvalue weighted by Crippen LogP contribution is -2.53. The third-order valence-electron chi connectivity index (χ3n) is 9.90. The van der Waals surface area contributed by atoms with Crippen LogP contribution in [0.4, 0.5) is 10.1 Å². The summed E-state index contributed by atoms with van der Waals surface area (Å²) < 4.78 is 15.1. The predicted octanol–water partition coefficient (Wildman–Crippen LogP) is 5.37. The zero-order valence-electron chi connectivity index (χ0n) is 23.2. The van der Waals surface area contributed by atoms with Crippen molar-refractivity contribution in [1.82, 2.24) is 4.90 Å². The number of hydrogen-bond donors (Lipinski definition) is 1. The molecular formula is C34H28ClFN2O5. The fraction of sp³-hybridized carbons (Fsp3) is 0.294. The predicted molar refractivity (Wildman–Crippen MR) is 157 cm³/mol. The van der Waals surface area contributed by atoms with Gasteiger partial charge in [-0.05, 0) is 55.5 Å². The van der Waals surface area contributed by atoms with E-state index in [0.717, 1.165) is 11.0 Å². The van der Waals surface area contributed by atoms with Crippen LogP contribution in [0.1, 0.15) is 36.8 Å². The van der Waals surface area contributed by atoms with Crippen LogP contribution in [0.25, 0.3) is 0 Å². The molecule has 218 valence electrons. The van der Waals surface area contributed by atoms with Gasteiger partial charge in [0.15, 0.2) is 11.6 Å². The van der Waals surface area contributed by atoms with E-state index in [2.05, 4.69) is 0 Å². The molecule has 3 aromatic rings. The Morgan fingerprint density at radius 2 is 1.67 bits per heavy atom. The van der Waals surface area contributed by atoms with Crippen LogP contribution >= 0.6 is 11.6 Å². The lowest BCUT2D eigenvalue weighted by Gasteiger charge is -2.50. The minimum Gasteiger partial charge on any atom is -0.505 e. The topological polar surface area (TPSA) is 95.0 Å². The molecule has 2 heterocycles. The maximum absolute atomic E-state index is 15.1. The zero-order chi connectivity index (χ0) is 30.2. The van der Waals surface area contributed by atoms with Crippen LogP contribution in [0.3, 0.4) is 0 Å². The van der Waals surface area contributed by atoms with Crippen LogP contribution in [0.2, 0.25) is 5.02 Å². The van der Waals surface area contributed by atoms with Crippen molar-refractivity contribution in [2.45, 2.75) is 31.1 Å². The summed E-state index contributed by atoms with van der Waals surface area (Å²) in [7, 11) is 0. The first-order chi connectivity index (χ1) is 20.7. The van der Waals surface area contributed by atoms with Gasteiger partial charge < -0.3 is 5.11 Å². The second-order valence-corrected chi connectivity index (χ2v) is 12.1. The lowest BCUT2D eigenvalue weighted by molar-refractivity contribution is -0.140. The molecule has 0 spiro atoms. The maximum Gasteiger partial charge on any atom is 0.246 e. The summed E-state index contributed by atoms with van der Waals surface area (Å²) in [6.45, 7) is 1.98. The highest BCUT2D eigenvalue weighted by molar-refractivity contribution is 6.32. The van der Waals surface area contributed by atoms with E-state index < -0.39 is 58.4 Å². The average Bonchev–Trinajstić information content (AvgIpc) is 3.39. The molecule has 4 aliphatic rings. The number of likely N-dealkylation sites (tertiary alicyclic amines) is 1. The molecule has 3 aromatic carbocycles. The van der Waals surface area contributed by atoms with Crippen LogP contribution < -0.4 is 4.90 Å². The number of phenols is 1. The van der Waals surface area contributed by atoms with Gasteiger partial charge in [-0.1, -0.05) is 71.8 Å². The van der Waals surface area contributed by atoms with Crippen molar-refractivity contribution in [2.75, 3.05) is 11.4 Å². The molecule has 1 saturated carbocycles. The van der Waals surface area contributed by atoms with E-state index in [1.807, 2.05) is 6.08 Å². The molecule has 1 N–H and O–H groups in total. The van der Waals surface area contributed by atoms with E-state index in [4.69, 9.17) is 11.6 Å². The minimum absolute atomic E-state index is 0.132. The second kappa shape index (κ2) is 9.88. The Morgan fingerprint density at radius 1 is 0.930 bits per heavy atom. The Morgan fingerprint density at radius 3 is 2.40 bits per heavy atom. The van der Waals surface area contributed by atoms with Gasteiger partial charge in [-0.3, -0.25) is 24.1 Å². The Bertz CT molecular complexity index is 1740. The number of carbonyl (C=O) groups excluding carboxylic acids is 4. The number of fused-ring (bicyclic) bond motifs is 4. The third-order valence-corrected chi connectivity index (χ3v) is 10.1. The second-order valence-electron chi connectivity index (χ2n) is 11.7. The lowest BCUT2D eigenvalue weighted by atomic mass is 9.49. The molecule has 0 radical (unpaired) electrons. The van der Waals surface area contributed by atoms with Gasteiger partial charge in [-0.25, -0.2) is 9.29 Å². The van der Waals surface area contributed by atoms with Crippen LogP contribution in [-0.2, 0) is 24.6 Å². The summed E-state index contributed by atoms with van der Waals surface area (Å²) in [5.74, 6) is -6.85. The molecule has 2 aliphatic heterocycles. The largest absolute Gasteiger partial charge is 0.505 e. The maximum atomic E-state index is 15.1. The molecule has 0 bridgehead atoms. The zero-order valence-corrected chi connectivity index (χ0v) is 24.0. The molecule has 7 nitrogen and oxygen atoms in total. The van der Waals surface area contributed by atoms with E-state index in [9.17, 15) is 19.5 Å². The van der Waals surface area contributed by atoms with Crippen molar-refractivity contribution in [3.63, 3.8) is 0 Å². The summed E-state index contributed by atoms with van der Waals surface area (Å²) in [6, 6.07) is 19.6. The number of allylic oxidation sites excluding steroid dienone is 2. The quantitative estimate of drug-likeness (QED) is 0.322. The fourth-order valence-corrected chi connectivity index (χ4v) is 8.41. The number of benzene rings is 3. The normalized spacial score (nSPS) is 29.8. The van der Waals surface area contributed by atoms with Gasteiger partial charge in [0, 0.05) is 23.0 Å². The number of para-hydroxylation sites is 1. The van der Waals surface area contributed by atoms with E-state index in [-0.39, 0.29) is 36.8 Å². The number of nitrogens with zero attached hydrogens (tertiary/aromatic N) is 2. The van der Waals surface area contributed by atoms with Crippen molar-refractivity contribution in [3.8, 4) is 5.75 Å². The van der Waals surface area contributed by atoms with E-state index in [1.54, 1.807) is 67.6 Å². The number of imide groups is 2. The highest BCUT2D eigenvalue weighted by atomic mass is 35.5. The van der Waals surface area contributed by atoms with Crippen molar-refractivity contribution in [2.24, 2.45) is 23.7 Å². The molecule has 2 saturated heterocycles. The standard InChI is InChI=1S/C34H28ClFN2O5/c1-2-37-30(40)22-15-14-21-24(27(22)32(37)42)17-25-31(41)38(20-11-6-10-19(35)16-20)33(43)34(25,18-8-4-3-5-9-18)28(21)23-12-7-13-26(36)29(23)39/h3-14,16,22,24-25,27-28,39H,2,15,17H2,1H3. The van der Waals surface area contributed by atoms with Gasteiger partial charge >= 0.3 is 0 Å². The fourth-order valence-electron chi connectivity index (χ4n) is 8.23. The summed E-state index contributed by atoms with van der Waals surface area (Å²) in [5.41, 5.74) is 0.0875. The number of phenolic OH excluding ortho intramolecular Hbond substituents is 1. The van der Waals surface area contributed by atoms with Gasteiger partial charge in [0.25, 0.3) is 0 Å². The molecular weight excluding hydrogens is 571 g/mol. The van der Waals surface area contributed by atoms with Crippen LogP contribution in [-0.4, -0.2) is 40.2 Å². The molecule has 0 aromatic heterocycles. The van der Waals surface area contributed by atoms with Gasteiger partial charge in [0.2, 0.25) is 23.6 Å². The molecule has 7 rings (SSSR count). The smallest absolute Gasteiger partial charge is 0.246 e. The number of anilines is 1. The monoisotopic (exact) mass is 598 g/mol. The Labute approximate surface area is 252 Å².